The number of rotatable bonds is 5. The average molecular weight is 227 g/mol. The monoisotopic (exact) mass is 227 g/mol. The van der Waals surface area contributed by atoms with Gasteiger partial charge in [0.1, 0.15) is 0 Å². The first kappa shape index (κ1) is 10.4. The SMILES string of the molecule is C=CCN(C1CC1)S(=O)(=O)c1cnc[nH]1. The van der Waals surface area contributed by atoms with Gasteiger partial charge in [0.05, 0.1) is 12.5 Å². The Kier molecular flexibility index (Phi) is 2.62. The summed E-state index contributed by atoms with van der Waals surface area (Å²) in [6, 6.07) is 0.135. The molecule has 6 heteroatoms. The lowest BCUT2D eigenvalue weighted by atomic mass is 10.6. The van der Waals surface area contributed by atoms with Crippen LogP contribution in [0.15, 0.2) is 30.2 Å². The Morgan fingerprint density at radius 2 is 2.40 bits per heavy atom. The van der Waals surface area contributed by atoms with Crippen LogP contribution >= 0.6 is 0 Å². The summed E-state index contributed by atoms with van der Waals surface area (Å²) >= 11 is 0. The number of imidazole rings is 1. The van der Waals surface area contributed by atoms with Gasteiger partial charge in [-0.3, -0.25) is 0 Å². The van der Waals surface area contributed by atoms with Gasteiger partial charge in [0.15, 0.2) is 5.03 Å². The number of aromatic amines is 1. The van der Waals surface area contributed by atoms with Crippen molar-refractivity contribution >= 4 is 10.0 Å². The van der Waals surface area contributed by atoms with E-state index in [0.29, 0.717) is 6.54 Å². The maximum Gasteiger partial charge on any atom is 0.260 e. The minimum Gasteiger partial charge on any atom is -0.335 e. The smallest absolute Gasteiger partial charge is 0.260 e. The molecule has 0 amide bonds. The molecule has 0 atom stereocenters. The third kappa shape index (κ3) is 1.95. The summed E-state index contributed by atoms with van der Waals surface area (Å²) in [7, 11) is -3.41. The van der Waals surface area contributed by atoms with E-state index in [1.165, 1.54) is 16.8 Å². The van der Waals surface area contributed by atoms with Crippen molar-refractivity contribution in [3.8, 4) is 0 Å². The topological polar surface area (TPSA) is 66.1 Å². The second-order valence-corrected chi connectivity index (χ2v) is 5.37. The molecule has 0 spiro atoms. The highest BCUT2D eigenvalue weighted by Gasteiger charge is 2.37. The normalized spacial score (nSPS) is 16.9. The molecule has 1 heterocycles. The van der Waals surface area contributed by atoms with Crippen LogP contribution in [-0.2, 0) is 10.0 Å². The molecule has 1 aliphatic rings. The zero-order valence-electron chi connectivity index (χ0n) is 8.26. The zero-order valence-corrected chi connectivity index (χ0v) is 9.07. The molecule has 1 N–H and O–H groups in total. The maximum absolute atomic E-state index is 12.1. The van der Waals surface area contributed by atoms with Crippen LogP contribution in [0.5, 0.6) is 0 Å². The molecule has 1 saturated carbocycles. The molecular formula is C9H13N3O2S. The van der Waals surface area contributed by atoms with Crippen molar-refractivity contribution in [2.75, 3.05) is 6.54 Å². The predicted octanol–water partition coefficient (Wildman–Crippen LogP) is 0.749. The van der Waals surface area contributed by atoms with Crippen molar-refractivity contribution in [3.05, 3.63) is 25.2 Å². The molecule has 0 aromatic carbocycles. The number of hydrogen-bond donors (Lipinski definition) is 1. The van der Waals surface area contributed by atoms with Crippen LogP contribution in [0.4, 0.5) is 0 Å². The third-order valence-electron chi connectivity index (χ3n) is 2.32. The Hall–Kier alpha value is -1.14. The van der Waals surface area contributed by atoms with E-state index in [4.69, 9.17) is 0 Å². The van der Waals surface area contributed by atoms with Crippen LogP contribution in [0.3, 0.4) is 0 Å². The van der Waals surface area contributed by atoms with Crippen molar-refractivity contribution in [2.24, 2.45) is 0 Å². The Bertz CT molecular complexity index is 434. The summed E-state index contributed by atoms with van der Waals surface area (Å²) in [6.45, 7) is 3.93. The summed E-state index contributed by atoms with van der Waals surface area (Å²) in [6.07, 6.45) is 6.16. The molecule has 0 saturated heterocycles. The van der Waals surface area contributed by atoms with Crippen molar-refractivity contribution in [1.82, 2.24) is 14.3 Å². The lowest BCUT2D eigenvalue weighted by Crippen LogP contribution is -2.33. The first-order valence-electron chi connectivity index (χ1n) is 4.77. The Morgan fingerprint density at radius 1 is 1.67 bits per heavy atom. The number of sulfonamides is 1. The number of nitrogens with one attached hydrogen (secondary N) is 1. The number of H-pyrrole nitrogens is 1. The van der Waals surface area contributed by atoms with Gasteiger partial charge in [-0.25, -0.2) is 13.4 Å². The minimum atomic E-state index is -3.41. The summed E-state index contributed by atoms with van der Waals surface area (Å²) in [5.74, 6) is 0. The second kappa shape index (κ2) is 3.79. The van der Waals surface area contributed by atoms with E-state index in [2.05, 4.69) is 16.5 Å². The molecule has 15 heavy (non-hydrogen) atoms. The van der Waals surface area contributed by atoms with E-state index in [9.17, 15) is 8.42 Å². The molecule has 82 valence electrons. The highest BCUT2D eigenvalue weighted by Crippen LogP contribution is 2.31. The molecule has 5 nitrogen and oxygen atoms in total. The van der Waals surface area contributed by atoms with Crippen molar-refractivity contribution in [3.63, 3.8) is 0 Å². The van der Waals surface area contributed by atoms with Crippen LogP contribution in [-0.4, -0.2) is 35.3 Å². The van der Waals surface area contributed by atoms with E-state index < -0.39 is 10.0 Å². The first-order chi connectivity index (χ1) is 7.16. The second-order valence-electron chi connectivity index (χ2n) is 3.51. The lowest BCUT2D eigenvalue weighted by molar-refractivity contribution is 0.434. The molecule has 2 rings (SSSR count). The third-order valence-corrected chi connectivity index (χ3v) is 4.17. The molecule has 1 aromatic rings. The van der Waals surface area contributed by atoms with Gasteiger partial charge in [-0.2, -0.15) is 4.31 Å². The standard InChI is InChI=1S/C9H13N3O2S/c1-2-5-12(8-3-4-8)15(13,14)9-6-10-7-11-9/h2,6-8H,1,3-5H2,(H,10,11). The molecule has 0 aliphatic heterocycles. The summed E-state index contributed by atoms with van der Waals surface area (Å²) < 4.78 is 25.6. The summed E-state index contributed by atoms with van der Waals surface area (Å²) in [5.41, 5.74) is 0. The molecule has 1 aromatic heterocycles. The maximum atomic E-state index is 12.1. The van der Waals surface area contributed by atoms with E-state index >= 15 is 0 Å². The first-order valence-corrected chi connectivity index (χ1v) is 6.21. The largest absolute Gasteiger partial charge is 0.335 e. The number of aromatic nitrogens is 2. The van der Waals surface area contributed by atoms with Crippen molar-refractivity contribution in [1.29, 1.82) is 0 Å². The average Bonchev–Trinajstić information content (AvgIpc) is 2.86. The Balaban J connectivity index is 2.29. The van der Waals surface area contributed by atoms with Crippen LogP contribution in [0.25, 0.3) is 0 Å². The highest BCUT2D eigenvalue weighted by molar-refractivity contribution is 7.89. The summed E-state index contributed by atoms with van der Waals surface area (Å²) in [4.78, 5) is 6.35. The van der Waals surface area contributed by atoms with Crippen molar-refractivity contribution < 1.29 is 8.42 Å². The van der Waals surface area contributed by atoms with E-state index in [-0.39, 0.29) is 11.1 Å². The lowest BCUT2D eigenvalue weighted by Gasteiger charge is -2.18. The number of hydrogen-bond acceptors (Lipinski definition) is 3. The highest BCUT2D eigenvalue weighted by atomic mass is 32.2. The van der Waals surface area contributed by atoms with Gasteiger partial charge >= 0.3 is 0 Å². The van der Waals surface area contributed by atoms with Gasteiger partial charge in [-0.05, 0) is 12.8 Å². The molecule has 1 aliphatic carbocycles. The Labute approximate surface area is 88.9 Å². The van der Waals surface area contributed by atoms with Crippen LogP contribution in [0, 0.1) is 0 Å². The van der Waals surface area contributed by atoms with Gasteiger partial charge in [0.25, 0.3) is 10.0 Å². The Morgan fingerprint density at radius 3 is 2.87 bits per heavy atom. The minimum absolute atomic E-state index is 0.135. The zero-order chi connectivity index (χ0) is 10.9. The summed E-state index contributed by atoms with van der Waals surface area (Å²) in [5, 5.41) is 0.149. The molecule has 0 unspecified atom stereocenters. The fourth-order valence-corrected chi connectivity index (χ4v) is 3.00. The van der Waals surface area contributed by atoms with Gasteiger partial charge < -0.3 is 4.98 Å². The van der Waals surface area contributed by atoms with Crippen LogP contribution in [0.1, 0.15) is 12.8 Å². The predicted molar refractivity (Wildman–Crippen MR) is 55.7 cm³/mol. The van der Waals surface area contributed by atoms with Crippen molar-refractivity contribution in [2.45, 2.75) is 23.9 Å². The van der Waals surface area contributed by atoms with Gasteiger partial charge in [-0.1, -0.05) is 6.08 Å². The fourth-order valence-electron chi connectivity index (χ4n) is 1.44. The molecular weight excluding hydrogens is 214 g/mol. The van der Waals surface area contributed by atoms with E-state index in [0.717, 1.165) is 12.8 Å². The van der Waals surface area contributed by atoms with Crippen LogP contribution < -0.4 is 0 Å². The molecule has 1 fully saturated rings. The molecule has 0 bridgehead atoms. The van der Waals surface area contributed by atoms with Gasteiger partial charge in [-0.15, -0.1) is 6.58 Å². The molecule has 0 radical (unpaired) electrons. The van der Waals surface area contributed by atoms with Gasteiger partial charge in [0, 0.05) is 12.6 Å². The van der Waals surface area contributed by atoms with E-state index in [1.54, 1.807) is 6.08 Å². The van der Waals surface area contributed by atoms with Crippen LogP contribution in [0.2, 0.25) is 0 Å². The quantitative estimate of drug-likeness (QED) is 0.755. The fraction of sp³-hybridized carbons (Fsp3) is 0.444. The van der Waals surface area contributed by atoms with E-state index in [1.807, 2.05) is 0 Å². The van der Waals surface area contributed by atoms with Gasteiger partial charge in [0.2, 0.25) is 0 Å². The number of nitrogens with zero attached hydrogens (tertiary/aromatic N) is 2.